The average Bonchev–Trinajstić information content (AvgIpc) is 0. The van der Waals surface area contributed by atoms with E-state index < -0.39 is 0 Å². The standard InChI is InChI=1S/Al.3BH4/h;3*1H4/q+3;3*-1. The molecule has 24 valence electrons. The molecule has 0 atom stereocenters. The summed E-state index contributed by atoms with van der Waals surface area (Å²) in [7, 11) is 0. The molecule has 0 N–H and O–H groups in total. The molecular weight excluding hydrogens is 59.4 g/mol. The van der Waals surface area contributed by atoms with Gasteiger partial charge in [-0.2, -0.15) is 0 Å². The van der Waals surface area contributed by atoms with Crippen molar-refractivity contribution in [2.75, 3.05) is 0 Å². The van der Waals surface area contributed by atoms with Gasteiger partial charge in [0, 0.05) is 0 Å². The molecule has 0 radical (unpaired) electrons. The molecule has 0 unspecified atom stereocenters. The molecule has 0 nitrogen and oxygen atoms in total. The van der Waals surface area contributed by atoms with Crippen LogP contribution < -0.4 is 0 Å². The van der Waals surface area contributed by atoms with Crippen LogP contribution in [0.2, 0.25) is 0 Å². The normalized spacial score (nSPS) is 0. The van der Waals surface area contributed by atoms with Crippen molar-refractivity contribution in [2.24, 2.45) is 0 Å². The van der Waals surface area contributed by atoms with Gasteiger partial charge in [-0.05, 0) is 0 Å². The first kappa shape index (κ1) is 124. The van der Waals surface area contributed by atoms with Crippen LogP contribution in [-0.2, 0) is 0 Å². The molecule has 0 aromatic carbocycles. The van der Waals surface area contributed by atoms with E-state index in [0.717, 1.165) is 0 Å². The van der Waals surface area contributed by atoms with Gasteiger partial charge in [0.2, 0.25) is 0 Å². The molecule has 0 rings (SSSR count). The van der Waals surface area contributed by atoms with E-state index in [4.69, 9.17) is 0 Å². The van der Waals surface area contributed by atoms with Crippen molar-refractivity contribution in [1.29, 1.82) is 0 Å². The second kappa shape index (κ2) is 52.4. The Labute approximate surface area is 43.2 Å². The van der Waals surface area contributed by atoms with Gasteiger partial charge in [0.25, 0.3) is 0 Å². The predicted molar refractivity (Wildman–Crippen MR) is 39.8 cm³/mol. The SMILES string of the molecule is [Al+3].[BH4-].[BH4-].[BH4-]. The first-order chi connectivity index (χ1) is 0. The molecule has 0 spiro atoms. The molecular formula is H12AlB3. The van der Waals surface area contributed by atoms with Crippen LogP contribution in [0.4, 0.5) is 0 Å². The third-order valence-electron chi connectivity index (χ3n) is 0. The van der Waals surface area contributed by atoms with E-state index in [1.165, 1.54) is 0 Å². The van der Waals surface area contributed by atoms with Gasteiger partial charge in [-0.25, -0.2) is 0 Å². The van der Waals surface area contributed by atoms with Crippen LogP contribution in [0.25, 0.3) is 0 Å². The average molecular weight is 71.5 g/mol. The Morgan fingerprint density at radius 3 is 0.500 bits per heavy atom. The van der Waals surface area contributed by atoms with Crippen LogP contribution in [-0.4, -0.2) is 42.6 Å². The van der Waals surface area contributed by atoms with Crippen molar-refractivity contribution in [2.45, 2.75) is 0 Å². The van der Waals surface area contributed by atoms with Crippen LogP contribution in [0.1, 0.15) is 0 Å². The molecule has 4 heteroatoms. The third-order valence-corrected chi connectivity index (χ3v) is 0. The van der Waals surface area contributed by atoms with Crippen LogP contribution >= 0.6 is 0 Å². The molecule has 0 heterocycles. The van der Waals surface area contributed by atoms with Crippen LogP contribution in [0.15, 0.2) is 0 Å². The van der Waals surface area contributed by atoms with Gasteiger partial charge < -0.3 is 0 Å². The molecule has 0 saturated heterocycles. The predicted octanol–water partition coefficient (Wildman–Crippen LogP) is -4.74. The van der Waals surface area contributed by atoms with Crippen molar-refractivity contribution in [3.63, 3.8) is 0 Å². The summed E-state index contributed by atoms with van der Waals surface area (Å²) in [6.45, 7) is 0. The summed E-state index contributed by atoms with van der Waals surface area (Å²) in [6.07, 6.45) is 0. The number of hydrogen-bond acceptors (Lipinski definition) is 0. The van der Waals surface area contributed by atoms with Gasteiger partial charge in [-0.1, -0.05) is 25.2 Å². The molecule has 0 aliphatic heterocycles. The van der Waals surface area contributed by atoms with Gasteiger partial charge in [0.05, 0.1) is 0 Å². The largest absolute Gasteiger partial charge is 3.00 e. The van der Waals surface area contributed by atoms with Crippen molar-refractivity contribution in [3.05, 3.63) is 0 Å². The summed E-state index contributed by atoms with van der Waals surface area (Å²) < 4.78 is 0. The molecule has 0 aliphatic carbocycles. The second-order valence-electron chi connectivity index (χ2n) is 0. The Morgan fingerprint density at radius 2 is 0.500 bits per heavy atom. The molecule has 0 fully saturated rings. The van der Waals surface area contributed by atoms with Crippen LogP contribution in [0.5, 0.6) is 0 Å². The zero-order valence-corrected chi connectivity index (χ0v) is 1.73. The van der Waals surface area contributed by atoms with Crippen LogP contribution in [0, 0.1) is 0 Å². The van der Waals surface area contributed by atoms with E-state index in [1.807, 2.05) is 0 Å². The van der Waals surface area contributed by atoms with Gasteiger partial charge >= 0.3 is 17.4 Å². The molecule has 0 aromatic rings. The van der Waals surface area contributed by atoms with E-state index in [0.29, 0.717) is 0 Å². The third kappa shape index (κ3) is 15.4. The zero-order valence-electron chi connectivity index (χ0n) is 0.577. The minimum atomic E-state index is 0. The van der Waals surface area contributed by atoms with Crippen molar-refractivity contribution in [1.82, 2.24) is 0 Å². The Morgan fingerprint density at radius 1 is 0.500 bits per heavy atom. The minimum absolute atomic E-state index is 0. The first-order valence-corrected chi connectivity index (χ1v) is 0. The maximum absolute atomic E-state index is 0. The molecule has 4 heavy (non-hydrogen) atoms. The molecule has 0 bridgehead atoms. The van der Waals surface area contributed by atoms with E-state index in [1.54, 1.807) is 0 Å². The fourth-order valence-corrected chi connectivity index (χ4v) is 0. The Balaban J connectivity index is 0. The smallest absolute Gasteiger partial charge is 0.0626 e. The topological polar surface area (TPSA) is 0 Å². The van der Waals surface area contributed by atoms with Gasteiger partial charge in [-0.15, -0.1) is 0 Å². The Kier molecular flexibility index (Phi) is 1630. The van der Waals surface area contributed by atoms with E-state index >= 15 is 0 Å². The summed E-state index contributed by atoms with van der Waals surface area (Å²) >= 11 is 0. The fraction of sp³-hybridized carbons (Fsp3) is 0. The van der Waals surface area contributed by atoms with E-state index in [2.05, 4.69) is 0 Å². The minimum Gasteiger partial charge on any atom is -0.0626 e. The van der Waals surface area contributed by atoms with Gasteiger partial charge in [0.1, 0.15) is 0 Å². The maximum Gasteiger partial charge on any atom is 3.00 e. The summed E-state index contributed by atoms with van der Waals surface area (Å²) in [4.78, 5) is 0. The first-order valence-electron chi connectivity index (χ1n) is 0. The van der Waals surface area contributed by atoms with Gasteiger partial charge in [-0.3, -0.25) is 0 Å². The second-order valence-corrected chi connectivity index (χ2v) is 0. The van der Waals surface area contributed by atoms with Gasteiger partial charge in [0.15, 0.2) is 0 Å². The number of rotatable bonds is 0. The quantitative estimate of drug-likeness (QED) is 0.252. The van der Waals surface area contributed by atoms with Crippen molar-refractivity contribution in [3.8, 4) is 0 Å². The van der Waals surface area contributed by atoms with Crippen molar-refractivity contribution < 1.29 is 0 Å². The van der Waals surface area contributed by atoms with E-state index in [9.17, 15) is 0 Å². The van der Waals surface area contributed by atoms with Crippen LogP contribution in [0.3, 0.4) is 0 Å². The molecule has 0 aromatic heterocycles. The maximum atomic E-state index is 0. The molecule has 0 saturated carbocycles. The summed E-state index contributed by atoms with van der Waals surface area (Å²) in [5.41, 5.74) is 0. The Hall–Kier alpha value is 0.727. The summed E-state index contributed by atoms with van der Waals surface area (Å²) in [6, 6.07) is 0. The summed E-state index contributed by atoms with van der Waals surface area (Å²) in [5, 5.41) is 0. The summed E-state index contributed by atoms with van der Waals surface area (Å²) in [5.74, 6) is 0. The van der Waals surface area contributed by atoms with E-state index in [-0.39, 0.29) is 42.6 Å². The molecule has 0 aliphatic rings. The Bertz CT molecular complexity index is 3.25. The zero-order chi connectivity index (χ0) is 0. The van der Waals surface area contributed by atoms with Crippen molar-refractivity contribution >= 4 is 42.6 Å². The monoisotopic (exact) mass is 72.1 g/mol. The fourth-order valence-electron chi connectivity index (χ4n) is 0. The number of hydrogen-bond donors (Lipinski definition) is 0. The molecule has 0 amide bonds.